The molecule has 0 aliphatic carbocycles. The quantitative estimate of drug-likeness (QED) is 0.768. The van der Waals surface area contributed by atoms with Crippen molar-refractivity contribution in [1.29, 1.82) is 0 Å². The fourth-order valence-corrected chi connectivity index (χ4v) is 1.60. The maximum atomic E-state index is 12.6. The Bertz CT molecular complexity index is 456. The van der Waals surface area contributed by atoms with Gasteiger partial charge in [-0.3, -0.25) is 4.79 Å². The van der Waals surface area contributed by atoms with Crippen molar-refractivity contribution in [3.8, 4) is 0 Å². The summed E-state index contributed by atoms with van der Waals surface area (Å²) < 4.78 is 37.7. The number of halogens is 3. The molecule has 1 rings (SSSR count). The molecule has 0 aliphatic rings. The van der Waals surface area contributed by atoms with Crippen LogP contribution in [-0.2, 0) is 6.18 Å². The van der Waals surface area contributed by atoms with Crippen molar-refractivity contribution in [2.75, 3.05) is 11.9 Å². The first-order valence-electron chi connectivity index (χ1n) is 5.77. The number of carbonyl (C=O) groups is 1. The van der Waals surface area contributed by atoms with E-state index in [4.69, 9.17) is 11.5 Å². The lowest BCUT2D eigenvalue weighted by Crippen LogP contribution is -2.29. The number of hydrogen-bond acceptors (Lipinski definition) is 3. The van der Waals surface area contributed by atoms with Crippen molar-refractivity contribution >= 4 is 11.6 Å². The van der Waals surface area contributed by atoms with Gasteiger partial charge in [-0.1, -0.05) is 6.92 Å². The molecule has 0 bridgehead atoms. The summed E-state index contributed by atoms with van der Waals surface area (Å²) in [6.07, 6.45) is -3.84. The number of rotatable bonds is 5. The maximum absolute atomic E-state index is 12.6. The Hall–Kier alpha value is -1.76. The summed E-state index contributed by atoms with van der Waals surface area (Å²) >= 11 is 0. The summed E-state index contributed by atoms with van der Waals surface area (Å²) in [6.45, 7) is 2.17. The minimum Gasteiger partial charge on any atom is -0.380 e. The van der Waals surface area contributed by atoms with Crippen molar-refractivity contribution in [2.24, 2.45) is 11.5 Å². The number of nitrogens with one attached hydrogen (secondary N) is 1. The van der Waals surface area contributed by atoms with E-state index in [9.17, 15) is 18.0 Å². The molecule has 19 heavy (non-hydrogen) atoms. The van der Waals surface area contributed by atoms with Crippen molar-refractivity contribution in [3.05, 3.63) is 29.3 Å². The molecule has 0 spiro atoms. The van der Waals surface area contributed by atoms with Crippen LogP contribution in [0.25, 0.3) is 0 Å². The molecule has 4 nitrogen and oxygen atoms in total. The van der Waals surface area contributed by atoms with Crippen LogP contribution in [0.2, 0.25) is 0 Å². The number of hydrogen-bond donors (Lipinski definition) is 3. The summed E-state index contributed by atoms with van der Waals surface area (Å²) in [6, 6.07) is 2.71. The molecule has 0 saturated heterocycles. The van der Waals surface area contributed by atoms with E-state index < -0.39 is 17.6 Å². The minimum absolute atomic E-state index is 0.130. The lowest BCUT2D eigenvalue weighted by molar-refractivity contribution is -0.137. The standard InChI is InChI=1S/C12H16F3N3O/c1-2-8(6-16)18-10-4-3-7(12(13,14)15)5-9(10)11(17)19/h3-5,8,18H,2,6,16H2,1H3,(H2,17,19). The van der Waals surface area contributed by atoms with Crippen LogP contribution in [0.4, 0.5) is 18.9 Å². The first-order valence-corrected chi connectivity index (χ1v) is 5.77. The van der Waals surface area contributed by atoms with E-state index in [1.165, 1.54) is 6.07 Å². The molecule has 1 amide bonds. The second kappa shape index (κ2) is 5.92. The maximum Gasteiger partial charge on any atom is 0.416 e. The zero-order valence-electron chi connectivity index (χ0n) is 10.4. The topological polar surface area (TPSA) is 81.1 Å². The SMILES string of the molecule is CCC(CN)Nc1ccc(C(F)(F)F)cc1C(N)=O. The van der Waals surface area contributed by atoms with Gasteiger partial charge in [0.05, 0.1) is 11.1 Å². The Labute approximate surface area is 109 Å². The zero-order chi connectivity index (χ0) is 14.6. The number of benzene rings is 1. The van der Waals surface area contributed by atoms with Gasteiger partial charge in [-0.15, -0.1) is 0 Å². The normalized spacial score (nSPS) is 13.1. The van der Waals surface area contributed by atoms with Crippen LogP contribution in [0.5, 0.6) is 0 Å². The van der Waals surface area contributed by atoms with E-state index in [1.807, 2.05) is 6.92 Å². The molecule has 0 fully saturated rings. The van der Waals surface area contributed by atoms with Crippen LogP contribution in [0, 0.1) is 0 Å². The first-order chi connectivity index (χ1) is 8.79. The molecular formula is C12H16F3N3O. The summed E-state index contributed by atoms with van der Waals surface area (Å²) in [5.74, 6) is -0.916. The summed E-state index contributed by atoms with van der Waals surface area (Å²) in [7, 11) is 0. The highest BCUT2D eigenvalue weighted by atomic mass is 19.4. The Kier molecular flexibility index (Phi) is 4.77. The molecule has 0 aliphatic heterocycles. The van der Waals surface area contributed by atoms with Gasteiger partial charge in [0, 0.05) is 18.3 Å². The van der Waals surface area contributed by atoms with E-state index in [1.54, 1.807) is 0 Å². The van der Waals surface area contributed by atoms with Gasteiger partial charge in [-0.05, 0) is 24.6 Å². The number of alkyl halides is 3. The zero-order valence-corrected chi connectivity index (χ0v) is 10.4. The van der Waals surface area contributed by atoms with Gasteiger partial charge < -0.3 is 16.8 Å². The molecule has 1 atom stereocenters. The molecule has 7 heteroatoms. The molecule has 0 saturated carbocycles. The van der Waals surface area contributed by atoms with Crippen molar-refractivity contribution in [1.82, 2.24) is 0 Å². The Morgan fingerprint density at radius 3 is 2.47 bits per heavy atom. The van der Waals surface area contributed by atoms with E-state index >= 15 is 0 Å². The van der Waals surface area contributed by atoms with Gasteiger partial charge in [-0.25, -0.2) is 0 Å². The number of primary amides is 1. The highest BCUT2D eigenvalue weighted by molar-refractivity contribution is 5.98. The second-order valence-corrected chi connectivity index (χ2v) is 4.11. The summed E-state index contributed by atoms with van der Waals surface area (Å²) in [4.78, 5) is 11.2. The average molecular weight is 275 g/mol. The highest BCUT2D eigenvalue weighted by Crippen LogP contribution is 2.32. The third kappa shape index (κ3) is 3.85. The lowest BCUT2D eigenvalue weighted by Gasteiger charge is -2.19. The molecule has 5 N–H and O–H groups in total. The Morgan fingerprint density at radius 2 is 2.05 bits per heavy atom. The van der Waals surface area contributed by atoms with Crippen LogP contribution in [0.1, 0.15) is 29.3 Å². The fraction of sp³-hybridized carbons (Fsp3) is 0.417. The molecular weight excluding hydrogens is 259 g/mol. The summed E-state index contributed by atoms with van der Waals surface area (Å²) in [5, 5.41) is 2.91. The Balaban J connectivity index is 3.15. The molecule has 1 unspecified atom stereocenters. The number of amides is 1. The van der Waals surface area contributed by atoms with Crippen molar-refractivity contribution in [3.63, 3.8) is 0 Å². The molecule has 0 heterocycles. The number of nitrogens with two attached hydrogens (primary N) is 2. The largest absolute Gasteiger partial charge is 0.416 e. The third-order valence-corrected chi connectivity index (χ3v) is 2.75. The molecule has 1 aromatic rings. The van der Waals surface area contributed by atoms with Gasteiger partial charge in [-0.2, -0.15) is 13.2 Å². The van der Waals surface area contributed by atoms with Crippen LogP contribution in [-0.4, -0.2) is 18.5 Å². The molecule has 106 valence electrons. The van der Waals surface area contributed by atoms with Crippen LogP contribution < -0.4 is 16.8 Å². The number of anilines is 1. The number of carbonyl (C=O) groups excluding carboxylic acids is 1. The van der Waals surface area contributed by atoms with Crippen molar-refractivity contribution in [2.45, 2.75) is 25.6 Å². The van der Waals surface area contributed by atoms with Crippen molar-refractivity contribution < 1.29 is 18.0 Å². The monoisotopic (exact) mass is 275 g/mol. The van der Waals surface area contributed by atoms with E-state index in [0.717, 1.165) is 12.1 Å². The highest BCUT2D eigenvalue weighted by Gasteiger charge is 2.31. The van der Waals surface area contributed by atoms with Gasteiger partial charge in [0.15, 0.2) is 0 Å². The second-order valence-electron chi connectivity index (χ2n) is 4.11. The van der Waals surface area contributed by atoms with Gasteiger partial charge in [0.25, 0.3) is 5.91 Å². The Morgan fingerprint density at radius 1 is 1.42 bits per heavy atom. The van der Waals surface area contributed by atoms with Crippen LogP contribution >= 0.6 is 0 Å². The molecule has 1 aromatic carbocycles. The van der Waals surface area contributed by atoms with Gasteiger partial charge >= 0.3 is 6.18 Å². The van der Waals surface area contributed by atoms with Gasteiger partial charge in [0.2, 0.25) is 0 Å². The van der Waals surface area contributed by atoms with E-state index in [-0.39, 0.29) is 17.3 Å². The first kappa shape index (κ1) is 15.3. The summed E-state index contributed by atoms with van der Waals surface area (Å²) in [5.41, 5.74) is 9.77. The van der Waals surface area contributed by atoms with Crippen LogP contribution in [0.15, 0.2) is 18.2 Å². The van der Waals surface area contributed by atoms with E-state index in [2.05, 4.69) is 5.32 Å². The smallest absolute Gasteiger partial charge is 0.380 e. The predicted molar refractivity (Wildman–Crippen MR) is 66.7 cm³/mol. The lowest BCUT2D eigenvalue weighted by atomic mass is 10.1. The molecule has 0 radical (unpaired) electrons. The minimum atomic E-state index is -4.51. The molecule has 0 aromatic heterocycles. The predicted octanol–water partition coefficient (Wildman–Crippen LogP) is 1.95. The van der Waals surface area contributed by atoms with Gasteiger partial charge in [0.1, 0.15) is 0 Å². The average Bonchev–Trinajstić information content (AvgIpc) is 2.34. The van der Waals surface area contributed by atoms with E-state index in [0.29, 0.717) is 13.0 Å². The van der Waals surface area contributed by atoms with Crippen LogP contribution in [0.3, 0.4) is 0 Å². The fourth-order valence-electron chi connectivity index (χ4n) is 1.60. The third-order valence-electron chi connectivity index (χ3n) is 2.75.